The van der Waals surface area contributed by atoms with Crippen molar-refractivity contribution >= 4 is 35.5 Å². The van der Waals surface area contributed by atoms with Gasteiger partial charge in [-0.2, -0.15) is 0 Å². The molecule has 0 saturated carbocycles. The van der Waals surface area contributed by atoms with Gasteiger partial charge in [-0.1, -0.05) is 13.8 Å². The van der Waals surface area contributed by atoms with Crippen LogP contribution in [0, 0.1) is 0 Å². The van der Waals surface area contributed by atoms with Crippen molar-refractivity contribution in [1.82, 2.24) is 5.32 Å². The molecule has 0 aliphatic rings. The summed E-state index contributed by atoms with van der Waals surface area (Å²) in [7, 11) is 0. The molecule has 3 heteroatoms. The SMILES string of the molecule is CCC[N]C(=O)CCC.[NaH]. The molecule has 0 spiro atoms. The Morgan fingerprint density at radius 1 is 1.30 bits per heavy atom. The van der Waals surface area contributed by atoms with Crippen molar-refractivity contribution in [1.29, 1.82) is 0 Å². The quantitative estimate of drug-likeness (QED) is 0.545. The molecule has 0 aromatic carbocycles. The van der Waals surface area contributed by atoms with Crippen LogP contribution in [-0.2, 0) is 4.79 Å². The van der Waals surface area contributed by atoms with Gasteiger partial charge in [0.2, 0.25) is 5.91 Å². The summed E-state index contributed by atoms with van der Waals surface area (Å²) in [5.74, 6) is 0.0550. The number of carbonyl (C=O) groups excluding carboxylic acids is 1. The Kier molecular flexibility index (Phi) is 12.4. The summed E-state index contributed by atoms with van der Waals surface area (Å²) in [6, 6.07) is 0. The van der Waals surface area contributed by atoms with E-state index in [0.717, 1.165) is 12.8 Å². The van der Waals surface area contributed by atoms with Crippen molar-refractivity contribution in [2.75, 3.05) is 6.54 Å². The monoisotopic (exact) mass is 152 g/mol. The summed E-state index contributed by atoms with van der Waals surface area (Å²) in [4.78, 5) is 10.6. The second-order valence-corrected chi connectivity index (χ2v) is 2.03. The molecule has 0 aliphatic carbocycles. The van der Waals surface area contributed by atoms with Gasteiger partial charge in [0.05, 0.1) is 0 Å². The molecule has 0 aromatic heterocycles. The number of carbonyl (C=O) groups is 1. The van der Waals surface area contributed by atoms with Gasteiger partial charge in [-0.15, -0.1) is 0 Å². The fraction of sp³-hybridized carbons (Fsp3) is 0.857. The van der Waals surface area contributed by atoms with E-state index in [-0.39, 0.29) is 35.5 Å². The maximum absolute atomic E-state index is 10.6. The molecule has 0 aliphatic heterocycles. The van der Waals surface area contributed by atoms with Gasteiger partial charge in [0, 0.05) is 13.0 Å². The first-order chi connectivity index (χ1) is 4.31. The van der Waals surface area contributed by atoms with Crippen molar-refractivity contribution in [2.24, 2.45) is 0 Å². The van der Waals surface area contributed by atoms with Gasteiger partial charge >= 0.3 is 29.6 Å². The van der Waals surface area contributed by atoms with Gasteiger partial charge in [0.25, 0.3) is 0 Å². The molecule has 1 radical (unpaired) electrons. The molecule has 0 aromatic rings. The molecular weight excluding hydrogens is 137 g/mol. The Morgan fingerprint density at radius 3 is 2.30 bits per heavy atom. The first-order valence-electron chi connectivity index (χ1n) is 3.51. The van der Waals surface area contributed by atoms with Crippen LogP contribution >= 0.6 is 0 Å². The average molecular weight is 152 g/mol. The molecular formula is C7H15NNaO. The molecule has 0 saturated heterocycles. The second kappa shape index (κ2) is 9.47. The Hall–Kier alpha value is 0.470. The molecule has 10 heavy (non-hydrogen) atoms. The van der Waals surface area contributed by atoms with Crippen molar-refractivity contribution in [2.45, 2.75) is 33.1 Å². The van der Waals surface area contributed by atoms with Crippen LogP contribution in [0.3, 0.4) is 0 Å². The summed E-state index contributed by atoms with van der Waals surface area (Å²) in [6.45, 7) is 4.70. The normalized spacial score (nSPS) is 8.20. The second-order valence-electron chi connectivity index (χ2n) is 2.03. The Labute approximate surface area is 85.1 Å². The first kappa shape index (κ1) is 13.1. The number of nitrogens with zero attached hydrogens (tertiary/aromatic N) is 1. The standard InChI is InChI=1S/C7H14NO.Na.H/c1-3-5-7(9)8-6-4-2;;/h3-6H2,1-2H3;;. The van der Waals surface area contributed by atoms with Crippen molar-refractivity contribution < 1.29 is 4.79 Å². The summed E-state index contributed by atoms with van der Waals surface area (Å²) < 4.78 is 0. The minimum atomic E-state index is 0. The van der Waals surface area contributed by atoms with Crippen LogP contribution in [0.25, 0.3) is 0 Å². The number of amides is 1. The first-order valence-corrected chi connectivity index (χ1v) is 3.51. The Balaban J connectivity index is 0. The molecule has 0 heterocycles. The van der Waals surface area contributed by atoms with Gasteiger partial charge in [-0.3, -0.25) is 10.1 Å². The summed E-state index contributed by atoms with van der Waals surface area (Å²) >= 11 is 0. The Morgan fingerprint density at radius 2 is 1.90 bits per heavy atom. The average Bonchev–Trinajstić information content (AvgIpc) is 1.85. The molecule has 0 unspecified atom stereocenters. The minimum absolute atomic E-state index is 0. The van der Waals surface area contributed by atoms with Gasteiger partial charge < -0.3 is 0 Å². The molecule has 55 valence electrons. The molecule has 2 nitrogen and oxygen atoms in total. The zero-order valence-electron chi connectivity index (χ0n) is 6.18. The number of hydrogen-bond acceptors (Lipinski definition) is 1. The van der Waals surface area contributed by atoms with E-state index >= 15 is 0 Å². The molecule has 0 N–H and O–H groups in total. The van der Waals surface area contributed by atoms with Gasteiger partial charge in [-0.05, 0) is 12.8 Å². The third kappa shape index (κ3) is 8.47. The van der Waals surface area contributed by atoms with Gasteiger partial charge in [0.1, 0.15) is 0 Å². The third-order valence-corrected chi connectivity index (χ3v) is 0.976. The third-order valence-electron chi connectivity index (χ3n) is 0.976. The zero-order valence-corrected chi connectivity index (χ0v) is 6.18. The van der Waals surface area contributed by atoms with Crippen molar-refractivity contribution in [3.63, 3.8) is 0 Å². The van der Waals surface area contributed by atoms with Crippen molar-refractivity contribution in [3.8, 4) is 0 Å². The molecule has 0 bridgehead atoms. The molecule has 1 amide bonds. The Bertz CT molecular complexity index is 85.7. The van der Waals surface area contributed by atoms with Crippen LogP contribution in [0.5, 0.6) is 0 Å². The van der Waals surface area contributed by atoms with Crippen LogP contribution in [0.2, 0.25) is 0 Å². The molecule has 0 atom stereocenters. The predicted molar refractivity (Wildman–Crippen MR) is 44.4 cm³/mol. The van der Waals surface area contributed by atoms with E-state index in [0.29, 0.717) is 13.0 Å². The van der Waals surface area contributed by atoms with E-state index in [9.17, 15) is 4.79 Å². The number of hydrogen-bond donors (Lipinski definition) is 0. The van der Waals surface area contributed by atoms with Crippen molar-refractivity contribution in [3.05, 3.63) is 0 Å². The fourth-order valence-electron chi connectivity index (χ4n) is 0.529. The predicted octanol–water partition coefficient (Wildman–Crippen LogP) is 0.679. The van der Waals surface area contributed by atoms with Crippen LogP contribution < -0.4 is 5.32 Å². The van der Waals surface area contributed by atoms with E-state index < -0.39 is 0 Å². The molecule has 0 rings (SSSR count). The van der Waals surface area contributed by atoms with Crippen LogP contribution in [0.4, 0.5) is 0 Å². The summed E-state index contributed by atoms with van der Waals surface area (Å²) in [5.41, 5.74) is 0. The number of rotatable bonds is 4. The van der Waals surface area contributed by atoms with E-state index in [2.05, 4.69) is 5.32 Å². The van der Waals surface area contributed by atoms with Crippen LogP contribution in [-0.4, -0.2) is 42.0 Å². The van der Waals surface area contributed by atoms with Crippen LogP contribution in [0.1, 0.15) is 33.1 Å². The summed E-state index contributed by atoms with van der Waals surface area (Å²) in [5, 5.41) is 3.79. The maximum atomic E-state index is 10.6. The zero-order chi connectivity index (χ0) is 7.11. The van der Waals surface area contributed by atoms with E-state index in [4.69, 9.17) is 0 Å². The molecule has 0 fully saturated rings. The van der Waals surface area contributed by atoms with Gasteiger partial charge in [-0.25, -0.2) is 0 Å². The topological polar surface area (TPSA) is 31.2 Å². The summed E-state index contributed by atoms with van der Waals surface area (Å²) in [6.07, 6.45) is 2.49. The van der Waals surface area contributed by atoms with Gasteiger partial charge in [0.15, 0.2) is 0 Å². The van der Waals surface area contributed by atoms with Crippen LogP contribution in [0.15, 0.2) is 0 Å². The van der Waals surface area contributed by atoms with E-state index in [1.807, 2.05) is 13.8 Å². The fourth-order valence-corrected chi connectivity index (χ4v) is 0.529. The van der Waals surface area contributed by atoms with E-state index in [1.165, 1.54) is 0 Å². The van der Waals surface area contributed by atoms with E-state index in [1.54, 1.807) is 0 Å².